The van der Waals surface area contributed by atoms with Gasteiger partial charge in [-0.2, -0.15) is 0 Å². The van der Waals surface area contributed by atoms with Crippen molar-refractivity contribution in [2.75, 3.05) is 14.1 Å². The van der Waals surface area contributed by atoms with Crippen LogP contribution in [0.5, 0.6) is 0 Å². The number of hydrogen-bond acceptors (Lipinski definition) is 6. The first kappa shape index (κ1) is 24.7. The van der Waals surface area contributed by atoms with Crippen LogP contribution in [-0.2, 0) is 9.47 Å². The van der Waals surface area contributed by atoms with Gasteiger partial charge in [0.25, 0.3) is 0 Å². The normalized spacial score (nSPS) is 27.1. The molecule has 0 aromatic carbocycles. The molecule has 8 heteroatoms. The van der Waals surface area contributed by atoms with Crippen LogP contribution in [0.2, 0.25) is 0 Å². The summed E-state index contributed by atoms with van der Waals surface area (Å²) in [5.41, 5.74) is -0.458. The van der Waals surface area contributed by atoms with E-state index in [0.717, 1.165) is 0 Å². The van der Waals surface area contributed by atoms with Crippen LogP contribution in [0.25, 0.3) is 0 Å². The van der Waals surface area contributed by atoms with Crippen molar-refractivity contribution in [3.05, 3.63) is 0 Å². The molecule has 0 bridgehead atoms. The maximum absolute atomic E-state index is 12.1. The molecule has 0 unspecified atom stereocenters. The van der Waals surface area contributed by atoms with E-state index in [9.17, 15) is 9.59 Å². The fraction of sp³-hybridized carbons (Fsp3) is 0.909. The predicted molar refractivity (Wildman–Crippen MR) is 116 cm³/mol. The highest BCUT2D eigenvalue weighted by Gasteiger charge is 2.45. The van der Waals surface area contributed by atoms with Crippen LogP contribution in [0.1, 0.15) is 81.1 Å². The molecule has 2 saturated heterocycles. The van der Waals surface area contributed by atoms with Gasteiger partial charge < -0.3 is 9.47 Å². The number of hydrogen-bond donors (Lipinski definition) is 0. The summed E-state index contributed by atoms with van der Waals surface area (Å²) in [7, 11) is 4.17. The van der Waals surface area contributed by atoms with E-state index in [1.165, 1.54) is 0 Å². The van der Waals surface area contributed by atoms with Gasteiger partial charge in [0.05, 0.1) is 0 Å². The fourth-order valence-corrected chi connectivity index (χ4v) is 5.14. The van der Waals surface area contributed by atoms with Crippen molar-refractivity contribution < 1.29 is 19.1 Å². The first-order valence-corrected chi connectivity index (χ1v) is 10.8. The van der Waals surface area contributed by atoms with E-state index in [1.807, 2.05) is 0 Å². The lowest BCUT2D eigenvalue weighted by atomic mass is 9.79. The van der Waals surface area contributed by atoms with E-state index < -0.39 is 12.2 Å². The third-order valence-electron chi connectivity index (χ3n) is 7.29. The van der Waals surface area contributed by atoms with Crippen molar-refractivity contribution in [3.8, 4) is 0 Å². The zero-order valence-electron chi connectivity index (χ0n) is 20.4. The highest BCUT2D eigenvalue weighted by Crippen LogP contribution is 2.39. The monoisotopic (exact) mass is 424 g/mol. The fourth-order valence-electron chi connectivity index (χ4n) is 5.14. The second-order valence-corrected chi connectivity index (χ2v) is 11.4. The molecule has 0 aromatic rings. The third kappa shape index (κ3) is 5.58. The maximum atomic E-state index is 12.1. The first-order valence-electron chi connectivity index (χ1n) is 10.8. The lowest BCUT2D eigenvalue weighted by molar-refractivity contribution is -0.0688. The van der Waals surface area contributed by atoms with Crippen LogP contribution >= 0.6 is 0 Å². The Morgan fingerprint density at radius 3 is 1.10 bits per heavy atom. The second-order valence-electron chi connectivity index (χ2n) is 11.4. The smallest absolute Gasteiger partial charge is 0.443 e. The molecule has 2 aliphatic rings. The topological polar surface area (TPSA) is 83.8 Å². The number of likely N-dealkylation sites (tertiary alicyclic amines) is 2. The van der Waals surface area contributed by atoms with E-state index >= 15 is 0 Å². The van der Waals surface area contributed by atoms with Crippen molar-refractivity contribution in [2.24, 2.45) is 10.2 Å². The SMILES string of the molecule is CN1C(C)(C)CC(OC(=O)/N=N/C(=O)OC2CC(C)(C)N(C)C(C)(C)C2)CC1(C)C. The molecule has 30 heavy (non-hydrogen) atoms. The lowest BCUT2D eigenvalue weighted by Gasteiger charge is -2.53. The Morgan fingerprint density at radius 2 is 0.867 bits per heavy atom. The van der Waals surface area contributed by atoms with Gasteiger partial charge in [0.2, 0.25) is 0 Å². The number of nitrogens with zero attached hydrogens (tertiary/aromatic N) is 4. The average Bonchev–Trinajstić information content (AvgIpc) is 2.54. The highest BCUT2D eigenvalue weighted by molar-refractivity contribution is 5.73. The molecule has 0 aromatic heterocycles. The molecule has 2 aliphatic heterocycles. The molecular formula is C22H40N4O4. The van der Waals surface area contributed by atoms with Crippen LogP contribution in [0.4, 0.5) is 9.59 Å². The summed E-state index contributed by atoms with van der Waals surface area (Å²) in [5.74, 6) is 0. The molecule has 0 spiro atoms. The number of ether oxygens (including phenoxy) is 2. The van der Waals surface area contributed by atoms with E-state index in [1.54, 1.807) is 0 Å². The van der Waals surface area contributed by atoms with Gasteiger partial charge in [-0.25, -0.2) is 9.59 Å². The third-order valence-corrected chi connectivity index (χ3v) is 7.29. The van der Waals surface area contributed by atoms with Crippen molar-refractivity contribution >= 4 is 12.2 Å². The summed E-state index contributed by atoms with van der Waals surface area (Å²) in [6, 6.07) is 0. The van der Waals surface area contributed by atoms with Gasteiger partial charge in [-0.15, -0.1) is 0 Å². The van der Waals surface area contributed by atoms with Crippen LogP contribution in [0.3, 0.4) is 0 Å². The Balaban J connectivity index is 1.92. The molecule has 0 N–H and O–H groups in total. The summed E-state index contributed by atoms with van der Waals surface area (Å²) >= 11 is 0. The number of amides is 2. The van der Waals surface area contributed by atoms with Gasteiger partial charge in [-0.3, -0.25) is 9.80 Å². The van der Waals surface area contributed by atoms with E-state index in [0.29, 0.717) is 25.7 Å². The zero-order chi connectivity index (χ0) is 23.1. The summed E-state index contributed by atoms with van der Waals surface area (Å²) in [4.78, 5) is 28.9. The summed E-state index contributed by atoms with van der Waals surface area (Å²) in [6.45, 7) is 17.0. The number of carbonyl (C=O) groups is 2. The van der Waals surface area contributed by atoms with E-state index in [2.05, 4.69) is 89.5 Å². The molecule has 0 aliphatic carbocycles. The first-order chi connectivity index (χ1) is 13.5. The van der Waals surface area contributed by atoms with E-state index in [4.69, 9.17) is 9.47 Å². The molecule has 2 amide bonds. The van der Waals surface area contributed by atoms with Gasteiger partial charge in [-0.05, 0) is 69.5 Å². The summed E-state index contributed by atoms with van der Waals surface area (Å²) < 4.78 is 11.0. The minimum Gasteiger partial charge on any atom is -0.443 e. The molecule has 2 rings (SSSR count). The van der Waals surface area contributed by atoms with Gasteiger partial charge in [0.1, 0.15) is 12.2 Å². The Labute approximate surface area is 181 Å². The Bertz CT molecular complexity index is 605. The Morgan fingerprint density at radius 1 is 0.633 bits per heavy atom. The molecule has 0 atom stereocenters. The van der Waals surface area contributed by atoms with Crippen molar-refractivity contribution in [1.82, 2.24) is 9.80 Å². The second kappa shape index (κ2) is 8.19. The van der Waals surface area contributed by atoms with Gasteiger partial charge >= 0.3 is 12.2 Å². The van der Waals surface area contributed by atoms with Gasteiger partial charge in [-0.1, -0.05) is 10.2 Å². The standard InChI is InChI=1S/C22H40N4O4/c1-19(2)11-15(12-20(3,4)25(19)9)29-17(27)23-24-18(28)30-16-13-21(5,6)26(10)22(7,8)14-16/h15-16H,11-14H2,1-10H3/b24-23+. The molecule has 0 radical (unpaired) electrons. The molecule has 172 valence electrons. The Kier molecular flexibility index (Phi) is 6.75. The predicted octanol–water partition coefficient (Wildman–Crippen LogP) is 5.01. The quantitative estimate of drug-likeness (QED) is 0.579. The number of piperidine rings is 2. The van der Waals surface area contributed by atoms with Crippen LogP contribution in [-0.4, -0.2) is 70.4 Å². The van der Waals surface area contributed by atoms with Crippen LogP contribution in [0.15, 0.2) is 10.2 Å². The minimum absolute atomic E-state index is 0.115. The zero-order valence-corrected chi connectivity index (χ0v) is 20.4. The summed E-state index contributed by atoms with van der Waals surface area (Å²) in [5, 5.41) is 6.90. The number of carbonyl (C=O) groups excluding carboxylic acids is 2. The molecule has 2 heterocycles. The van der Waals surface area contributed by atoms with Crippen molar-refractivity contribution in [3.63, 3.8) is 0 Å². The van der Waals surface area contributed by atoms with Crippen LogP contribution in [0, 0.1) is 0 Å². The number of rotatable bonds is 2. The molecular weight excluding hydrogens is 384 g/mol. The van der Waals surface area contributed by atoms with E-state index in [-0.39, 0.29) is 34.4 Å². The van der Waals surface area contributed by atoms with Gasteiger partial charge in [0, 0.05) is 47.8 Å². The Hall–Kier alpha value is -1.54. The molecule has 0 saturated carbocycles. The van der Waals surface area contributed by atoms with Crippen molar-refractivity contribution in [1.29, 1.82) is 0 Å². The van der Waals surface area contributed by atoms with Gasteiger partial charge in [0.15, 0.2) is 0 Å². The average molecular weight is 425 g/mol. The van der Waals surface area contributed by atoms with Crippen molar-refractivity contribution in [2.45, 2.75) is 115 Å². The van der Waals surface area contributed by atoms with Crippen LogP contribution < -0.4 is 0 Å². The largest absolute Gasteiger partial charge is 0.452 e. The maximum Gasteiger partial charge on any atom is 0.452 e. The highest BCUT2D eigenvalue weighted by atomic mass is 16.6. The number of azo groups is 1. The lowest BCUT2D eigenvalue weighted by Crippen LogP contribution is -2.60. The summed E-state index contributed by atoms with van der Waals surface area (Å²) in [6.07, 6.45) is 0.524. The molecule has 8 nitrogen and oxygen atoms in total. The molecule has 2 fully saturated rings. The minimum atomic E-state index is -0.850.